The van der Waals surface area contributed by atoms with E-state index < -0.39 is 19.6 Å². The summed E-state index contributed by atoms with van der Waals surface area (Å²) >= 11 is 0. The van der Waals surface area contributed by atoms with E-state index >= 15 is 0 Å². The fourth-order valence-electron chi connectivity index (χ4n) is 2.09. The standard InChI is InChI=1S/C14H29N2O4Si/c1-14(2,3)21(4,5)19-12-8-11-15-10-7-6-9-13(15)20-16(17)18/h6,13H,7-12H2,1-5H3. The van der Waals surface area contributed by atoms with Crippen molar-refractivity contribution < 1.29 is 14.4 Å². The average Bonchev–Trinajstić information content (AvgIpc) is 2.34. The Morgan fingerprint density at radius 1 is 1.43 bits per heavy atom. The molecule has 0 saturated carbocycles. The molecule has 0 N–H and O–H groups in total. The maximum Gasteiger partial charge on any atom is 0.296 e. The van der Waals surface area contributed by atoms with Crippen LogP contribution in [-0.2, 0) is 9.26 Å². The molecule has 1 unspecified atom stereocenters. The first kappa shape index (κ1) is 18.4. The number of hydrogen-bond acceptors (Lipinski definition) is 5. The molecule has 7 heteroatoms. The molecule has 0 bridgehead atoms. The van der Waals surface area contributed by atoms with E-state index in [0.29, 0.717) is 13.0 Å². The van der Waals surface area contributed by atoms with Gasteiger partial charge in [-0.3, -0.25) is 9.74 Å². The second kappa shape index (κ2) is 7.55. The molecule has 1 atom stereocenters. The largest absolute Gasteiger partial charge is 0.417 e. The molecule has 1 aliphatic heterocycles. The van der Waals surface area contributed by atoms with Gasteiger partial charge in [-0.15, -0.1) is 10.1 Å². The predicted molar refractivity (Wildman–Crippen MR) is 84.7 cm³/mol. The van der Waals surface area contributed by atoms with Crippen LogP contribution < -0.4 is 0 Å². The highest BCUT2D eigenvalue weighted by Gasteiger charge is 2.37. The van der Waals surface area contributed by atoms with Crippen molar-refractivity contribution in [1.82, 2.24) is 4.90 Å². The average molecular weight is 317 g/mol. The lowest BCUT2D eigenvalue weighted by Gasteiger charge is -2.37. The number of nitrogens with zero attached hydrogens (tertiary/aromatic N) is 2. The van der Waals surface area contributed by atoms with E-state index in [1.807, 2.05) is 4.90 Å². The molecule has 1 saturated heterocycles. The summed E-state index contributed by atoms with van der Waals surface area (Å²) in [7, 11) is -1.70. The molecule has 0 aromatic carbocycles. The van der Waals surface area contributed by atoms with Crippen LogP contribution in [0.1, 0.15) is 40.0 Å². The van der Waals surface area contributed by atoms with Crippen molar-refractivity contribution >= 4 is 8.32 Å². The van der Waals surface area contributed by atoms with Crippen LogP contribution in [0.5, 0.6) is 0 Å². The molecule has 0 aromatic heterocycles. The predicted octanol–water partition coefficient (Wildman–Crippen LogP) is 3.23. The molecule has 1 radical (unpaired) electrons. The van der Waals surface area contributed by atoms with Gasteiger partial charge in [0.25, 0.3) is 5.09 Å². The van der Waals surface area contributed by atoms with Crippen LogP contribution in [0.25, 0.3) is 0 Å². The summed E-state index contributed by atoms with van der Waals surface area (Å²) < 4.78 is 6.13. The zero-order chi connectivity index (χ0) is 16.1. The Kier molecular flexibility index (Phi) is 6.61. The summed E-state index contributed by atoms with van der Waals surface area (Å²) in [4.78, 5) is 17.3. The Bertz CT molecular complexity index is 344. The Morgan fingerprint density at radius 3 is 2.67 bits per heavy atom. The SMILES string of the molecule is CC(C)(C)[Si](C)(C)OCCCN1CC[CH]CC1O[N+](=O)[O-]. The first-order valence-electron chi connectivity index (χ1n) is 7.64. The normalized spacial score (nSPS) is 21.3. The van der Waals surface area contributed by atoms with Gasteiger partial charge in [-0.05, 0) is 43.8 Å². The van der Waals surface area contributed by atoms with E-state index in [2.05, 4.69) is 40.3 Å². The first-order valence-corrected chi connectivity index (χ1v) is 10.5. The van der Waals surface area contributed by atoms with Crippen molar-refractivity contribution in [1.29, 1.82) is 0 Å². The third kappa shape index (κ3) is 5.92. The van der Waals surface area contributed by atoms with E-state index in [9.17, 15) is 10.1 Å². The van der Waals surface area contributed by atoms with E-state index in [1.54, 1.807) is 0 Å². The second-order valence-electron chi connectivity index (χ2n) is 7.10. The molecule has 0 amide bonds. The Balaban J connectivity index is 2.35. The van der Waals surface area contributed by atoms with Crippen molar-refractivity contribution in [2.24, 2.45) is 0 Å². The van der Waals surface area contributed by atoms with Gasteiger partial charge in [-0.2, -0.15) is 0 Å². The lowest BCUT2D eigenvalue weighted by molar-refractivity contribution is -0.775. The quantitative estimate of drug-likeness (QED) is 0.312. The lowest BCUT2D eigenvalue weighted by atomic mass is 10.1. The van der Waals surface area contributed by atoms with Gasteiger partial charge in [0.1, 0.15) is 0 Å². The molecular formula is C14H29N2O4Si. The summed E-state index contributed by atoms with van der Waals surface area (Å²) in [6, 6.07) is 0. The number of piperidine rings is 1. The van der Waals surface area contributed by atoms with Crippen molar-refractivity contribution in [3.63, 3.8) is 0 Å². The third-order valence-corrected chi connectivity index (χ3v) is 9.00. The van der Waals surface area contributed by atoms with Crippen LogP contribution in [0.4, 0.5) is 0 Å². The first-order chi connectivity index (χ1) is 9.63. The highest BCUT2D eigenvalue weighted by Crippen LogP contribution is 2.36. The molecule has 6 nitrogen and oxygen atoms in total. The zero-order valence-corrected chi connectivity index (χ0v) is 14.9. The fourth-order valence-corrected chi connectivity index (χ4v) is 3.17. The Morgan fingerprint density at radius 2 is 2.10 bits per heavy atom. The number of likely N-dealkylation sites (tertiary alicyclic amines) is 1. The zero-order valence-electron chi connectivity index (χ0n) is 13.9. The smallest absolute Gasteiger partial charge is 0.296 e. The van der Waals surface area contributed by atoms with Gasteiger partial charge in [0.15, 0.2) is 14.5 Å². The maximum absolute atomic E-state index is 10.5. The molecule has 21 heavy (non-hydrogen) atoms. The van der Waals surface area contributed by atoms with Gasteiger partial charge in [-0.25, -0.2) is 0 Å². The molecule has 1 aliphatic rings. The minimum Gasteiger partial charge on any atom is -0.417 e. The van der Waals surface area contributed by atoms with E-state index in [4.69, 9.17) is 9.26 Å². The van der Waals surface area contributed by atoms with Gasteiger partial charge < -0.3 is 4.43 Å². The van der Waals surface area contributed by atoms with Crippen LogP contribution in [-0.4, -0.2) is 44.2 Å². The Labute approximate surface area is 129 Å². The number of rotatable bonds is 7. The van der Waals surface area contributed by atoms with Gasteiger partial charge in [-0.1, -0.05) is 20.8 Å². The third-order valence-electron chi connectivity index (χ3n) is 4.46. The van der Waals surface area contributed by atoms with Crippen molar-refractivity contribution in [3.8, 4) is 0 Å². The fraction of sp³-hybridized carbons (Fsp3) is 0.929. The molecule has 0 aliphatic carbocycles. The molecule has 0 aromatic rings. The lowest BCUT2D eigenvalue weighted by Crippen LogP contribution is -2.44. The van der Waals surface area contributed by atoms with E-state index in [0.717, 1.165) is 25.9 Å². The minimum atomic E-state index is -1.70. The van der Waals surface area contributed by atoms with Gasteiger partial charge in [0.2, 0.25) is 0 Å². The van der Waals surface area contributed by atoms with Crippen molar-refractivity contribution in [2.45, 2.75) is 64.4 Å². The highest BCUT2D eigenvalue weighted by atomic mass is 28.4. The van der Waals surface area contributed by atoms with Gasteiger partial charge >= 0.3 is 0 Å². The molecule has 1 heterocycles. The van der Waals surface area contributed by atoms with Crippen molar-refractivity contribution in [3.05, 3.63) is 16.5 Å². The van der Waals surface area contributed by atoms with Gasteiger partial charge in [0.05, 0.1) is 0 Å². The topological polar surface area (TPSA) is 64.8 Å². The highest BCUT2D eigenvalue weighted by molar-refractivity contribution is 6.74. The molecular weight excluding hydrogens is 288 g/mol. The monoisotopic (exact) mass is 317 g/mol. The van der Waals surface area contributed by atoms with E-state index in [1.165, 1.54) is 0 Å². The maximum atomic E-state index is 10.5. The molecule has 1 fully saturated rings. The second-order valence-corrected chi connectivity index (χ2v) is 11.9. The van der Waals surface area contributed by atoms with Crippen LogP contribution in [0, 0.1) is 16.5 Å². The van der Waals surface area contributed by atoms with Crippen LogP contribution >= 0.6 is 0 Å². The van der Waals surface area contributed by atoms with Crippen LogP contribution in [0.3, 0.4) is 0 Å². The van der Waals surface area contributed by atoms with Gasteiger partial charge in [0, 0.05) is 19.7 Å². The van der Waals surface area contributed by atoms with Crippen LogP contribution in [0.2, 0.25) is 18.1 Å². The van der Waals surface area contributed by atoms with Crippen molar-refractivity contribution in [2.75, 3.05) is 19.7 Å². The summed E-state index contributed by atoms with van der Waals surface area (Å²) in [5.41, 5.74) is 0. The summed E-state index contributed by atoms with van der Waals surface area (Å²) in [6.07, 6.45) is 4.08. The summed E-state index contributed by atoms with van der Waals surface area (Å²) in [5, 5.41) is 10.0. The number of hydrogen-bond donors (Lipinski definition) is 0. The summed E-state index contributed by atoms with van der Waals surface area (Å²) in [6.45, 7) is 13.5. The van der Waals surface area contributed by atoms with Crippen LogP contribution in [0.15, 0.2) is 0 Å². The Hall–Kier alpha value is -0.663. The van der Waals surface area contributed by atoms with E-state index in [-0.39, 0.29) is 5.04 Å². The minimum absolute atomic E-state index is 0.213. The molecule has 1 rings (SSSR count). The molecule has 0 spiro atoms. The molecule has 123 valence electrons. The summed E-state index contributed by atoms with van der Waals surface area (Å²) in [5.74, 6) is 0.